The normalized spacial score (nSPS) is 15.7. The van der Waals surface area contributed by atoms with Crippen molar-refractivity contribution in [3.63, 3.8) is 0 Å². The molecule has 1 aromatic heterocycles. The van der Waals surface area contributed by atoms with Crippen molar-refractivity contribution in [1.29, 1.82) is 0 Å². The number of aryl methyl sites for hydroxylation is 1. The first-order valence-electron chi connectivity index (χ1n) is 8.81. The maximum Gasteiger partial charge on any atom is 0.240 e. The zero-order valence-electron chi connectivity index (χ0n) is 14.9. The van der Waals surface area contributed by atoms with E-state index in [4.69, 9.17) is 5.73 Å². The van der Waals surface area contributed by atoms with E-state index in [-0.39, 0.29) is 17.7 Å². The molecule has 26 heavy (non-hydrogen) atoms. The molecule has 0 saturated carbocycles. The Morgan fingerprint density at radius 2 is 2.12 bits per heavy atom. The molecule has 0 bridgehead atoms. The number of nitrogens with zero attached hydrogens (tertiary/aromatic N) is 2. The Hall–Kier alpha value is -2.25. The predicted octanol–water partition coefficient (Wildman–Crippen LogP) is 2.18. The van der Waals surface area contributed by atoms with Crippen LogP contribution < -0.4 is 11.1 Å². The van der Waals surface area contributed by atoms with Crippen molar-refractivity contribution in [2.75, 3.05) is 25.0 Å². The van der Waals surface area contributed by atoms with Crippen LogP contribution in [0.5, 0.6) is 0 Å². The number of rotatable bonds is 6. The molecule has 2 amide bonds. The van der Waals surface area contributed by atoms with E-state index in [9.17, 15) is 9.59 Å². The van der Waals surface area contributed by atoms with Crippen molar-refractivity contribution in [2.45, 2.75) is 26.2 Å². The summed E-state index contributed by atoms with van der Waals surface area (Å²) < 4.78 is 0. The van der Waals surface area contributed by atoms with Crippen LogP contribution in [-0.2, 0) is 16.0 Å². The van der Waals surface area contributed by atoms with Gasteiger partial charge in [0.25, 0.3) is 0 Å². The average Bonchev–Trinajstić information content (AvgIpc) is 3.02. The molecule has 138 valence electrons. The number of nitrogens with two attached hydrogens (primary N) is 1. The minimum Gasteiger partial charge on any atom is -0.369 e. The summed E-state index contributed by atoms with van der Waals surface area (Å²) in [5.41, 5.74) is 7.81. The van der Waals surface area contributed by atoms with Crippen LogP contribution in [0.15, 0.2) is 30.5 Å². The smallest absolute Gasteiger partial charge is 0.240 e. The van der Waals surface area contributed by atoms with Crippen molar-refractivity contribution in [3.05, 3.63) is 46.5 Å². The van der Waals surface area contributed by atoms with Crippen molar-refractivity contribution >= 4 is 28.3 Å². The highest BCUT2D eigenvalue weighted by Crippen LogP contribution is 2.22. The number of primary amides is 1. The minimum absolute atomic E-state index is 0.0579. The Morgan fingerprint density at radius 3 is 2.81 bits per heavy atom. The van der Waals surface area contributed by atoms with Gasteiger partial charge in [-0.2, -0.15) is 0 Å². The summed E-state index contributed by atoms with van der Waals surface area (Å²) in [4.78, 5) is 30.9. The molecular weight excluding hydrogens is 348 g/mol. The lowest BCUT2D eigenvalue weighted by atomic mass is 9.96. The van der Waals surface area contributed by atoms with E-state index in [1.54, 1.807) is 0 Å². The molecule has 1 fully saturated rings. The van der Waals surface area contributed by atoms with Crippen molar-refractivity contribution < 1.29 is 9.59 Å². The van der Waals surface area contributed by atoms with Gasteiger partial charge in [-0.1, -0.05) is 29.8 Å². The average molecular weight is 372 g/mol. The van der Waals surface area contributed by atoms with Crippen molar-refractivity contribution in [3.8, 4) is 0 Å². The van der Waals surface area contributed by atoms with Crippen LogP contribution in [-0.4, -0.2) is 41.3 Å². The molecule has 0 radical (unpaired) electrons. The number of thiazole rings is 1. The van der Waals surface area contributed by atoms with E-state index >= 15 is 0 Å². The molecule has 2 aromatic rings. The minimum atomic E-state index is -0.238. The summed E-state index contributed by atoms with van der Waals surface area (Å²) >= 11 is 1.51. The number of amides is 2. The SMILES string of the molecule is Cc1cccc(Cc2cnc(NC(=O)CN3CCC(C(N)=O)CC3)s2)c1. The number of benzene rings is 1. The number of carbonyl (C=O) groups excluding carboxylic acids is 2. The van der Waals surface area contributed by atoms with Crippen LogP contribution in [0.3, 0.4) is 0 Å². The van der Waals surface area contributed by atoms with Gasteiger partial charge in [-0.05, 0) is 38.4 Å². The second kappa shape index (κ2) is 8.42. The van der Waals surface area contributed by atoms with Gasteiger partial charge in [-0.25, -0.2) is 4.98 Å². The lowest BCUT2D eigenvalue weighted by Crippen LogP contribution is -2.42. The third-order valence-corrected chi connectivity index (χ3v) is 5.53. The number of aromatic nitrogens is 1. The second-order valence-corrected chi connectivity index (χ2v) is 7.91. The van der Waals surface area contributed by atoms with Crippen LogP contribution in [0.25, 0.3) is 0 Å². The number of anilines is 1. The Balaban J connectivity index is 1.48. The fourth-order valence-corrected chi connectivity index (χ4v) is 4.07. The maximum absolute atomic E-state index is 12.2. The summed E-state index contributed by atoms with van der Waals surface area (Å²) in [7, 11) is 0. The van der Waals surface area contributed by atoms with Gasteiger partial charge in [-0.15, -0.1) is 11.3 Å². The zero-order chi connectivity index (χ0) is 18.5. The largest absolute Gasteiger partial charge is 0.369 e. The molecule has 3 N–H and O–H groups in total. The quantitative estimate of drug-likeness (QED) is 0.813. The van der Waals surface area contributed by atoms with Crippen LogP contribution >= 0.6 is 11.3 Å². The Kier molecular flexibility index (Phi) is 6.00. The topological polar surface area (TPSA) is 88.3 Å². The zero-order valence-corrected chi connectivity index (χ0v) is 15.7. The highest BCUT2D eigenvalue weighted by Gasteiger charge is 2.24. The van der Waals surface area contributed by atoms with Crippen molar-refractivity contribution in [1.82, 2.24) is 9.88 Å². The maximum atomic E-state index is 12.2. The third kappa shape index (κ3) is 5.12. The number of nitrogens with one attached hydrogen (secondary N) is 1. The molecule has 6 nitrogen and oxygen atoms in total. The van der Waals surface area contributed by atoms with Crippen molar-refractivity contribution in [2.24, 2.45) is 11.7 Å². The Morgan fingerprint density at radius 1 is 1.35 bits per heavy atom. The van der Waals surface area contributed by atoms with Gasteiger partial charge in [0, 0.05) is 23.4 Å². The third-order valence-electron chi connectivity index (χ3n) is 4.62. The van der Waals surface area contributed by atoms with Crippen LogP contribution in [0.1, 0.15) is 28.8 Å². The molecule has 7 heteroatoms. The van der Waals surface area contributed by atoms with E-state index in [1.165, 1.54) is 22.5 Å². The molecular formula is C19H24N4O2S. The number of likely N-dealkylation sites (tertiary alicyclic amines) is 1. The molecule has 0 unspecified atom stereocenters. The van der Waals surface area contributed by atoms with Gasteiger partial charge in [-0.3, -0.25) is 14.5 Å². The first-order chi connectivity index (χ1) is 12.5. The summed E-state index contributed by atoms with van der Waals surface area (Å²) in [5.74, 6) is -0.366. The number of hydrogen-bond acceptors (Lipinski definition) is 5. The summed E-state index contributed by atoms with van der Waals surface area (Å²) in [6, 6.07) is 8.39. The molecule has 1 aliphatic heterocycles. The van der Waals surface area contributed by atoms with E-state index in [0.717, 1.165) is 37.2 Å². The molecule has 0 atom stereocenters. The van der Waals surface area contributed by atoms with Gasteiger partial charge in [0.05, 0.1) is 6.54 Å². The highest BCUT2D eigenvalue weighted by molar-refractivity contribution is 7.15. The molecule has 0 spiro atoms. The monoisotopic (exact) mass is 372 g/mol. The molecule has 3 rings (SSSR count). The molecule has 1 saturated heterocycles. The predicted molar refractivity (Wildman–Crippen MR) is 103 cm³/mol. The van der Waals surface area contributed by atoms with Gasteiger partial charge in [0.15, 0.2) is 5.13 Å². The highest BCUT2D eigenvalue weighted by atomic mass is 32.1. The van der Waals surface area contributed by atoms with Crippen LogP contribution in [0, 0.1) is 12.8 Å². The Bertz CT molecular complexity index is 781. The van der Waals surface area contributed by atoms with Gasteiger partial charge < -0.3 is 11.1 Å². The fourth-order valence-electron chi connectivity index (χ4n) is 3.21. The summed E-state index contributed by atoms with van der Waals surface area (Å²) in [6.45, 7) is 3.83. The number of carbonyl (C=O) groups is 2. The summed E-state index contributed by atoms with van der Waals surface area (Å²) in [5, 5.41) is 3.51. The Labute approximate surface area is 157 Å². The van der Waals surface area contributed by atoms with E-state index < -0.39 is 0 Å². The van der Waals surface area contributed by atoms with E-state index in [0.29, 0.717) is 11.7 Å². The van der Waals surface area contributed by atoms with Crippen LogP contribution in [0.4, 0.5) is 5.13 Å². The van der Waals surface area contributed by atoms with Gasteiger partial charge in [0.2, 0.25) is 11.8 Å². The first-order valence-corrected chi connectivity index (χ1v) is 9.63. The van der Waals surface area contributed by atoms with E-state index in [1.807, 2.05) is 6.20 Å². The standard InChI is InChI=1S/C19H24N4O2S/c1-13-3-2-4-14(9-13)10-16-11-21-19(26-16)22-17(24)12-23-7-5-15(6-8-23)18(20)25/h2-4,9,11,15H,5-8,10,12H2,1H3,(H2,20,25)(H,21,22,24). The molecule has 1 aliphatic rings. The fraction of sp³-hybridized carbons (Fsp3) is 0.421. The van der Waals surface area contributed by atoms with Gasteiger partial charge >= 0.3 is 0 Å². The summed E-state index contributed by atoms with van der Waals surface area (Å²) in [6.07, 6.45) is 4.08. The van der Waals surface area contributed by atoms with Crippen LogP contribution in [0.2, 0.25) is 0 Å². The molecule has 1 aromatic carbocycles. The van der Waals surface area contributed by atoms with Gasteiger partial charge in [0.1, 0.15) is 0 Å². The molecule has 0 aliphatic carbocycles. The second-order valence-electron chi connectivity index (χ2n) is 6.80. The lowest BCUT2D eigenvalue weighted by Gasteiger charge is -2.29. The number of piperidine rings is 1. The first kappa shape index (κ1) is 18.5. The lowest BCUT2D eigenvalue weighted by molar-refractivity contribution is -0.123. The van der Waals surface area contributed by atoms with E-state index in [2.05, 4.69) is 46.4 Å². The number of hydrogen-bond donors (Lipinski definition) is 2. The molecule has 2 heterocycles.